The van der Waals surface area contributed by atoms with Crippen molar-refractivity contribution in [2.24, 2.45) is 5.41 Å². The molecule has 0 aromatic heterocycles. The molecule has 106 valence electrons. The van der Waals surface area contributed by atoms with Crippen LogP contribution < -0.4 is 5.32 Å². The highest BCUT2D eigenvalue weighted by molar-refractivity contribution is 9.10. The molecular weight excluding hydrogens is 309 g/mol. The molecule has 2 nitrogen and oxygen atoms in total. The molecule has 19 heavy (non-hydrogen) atoms. The van der Waals surface area contributed by atoms with E-state index in [1.54, 1.807) is 6.07 Å². The highest BCUT2D eigenvalue weighted by Crippen LogP contribution is 2.37. The van der Waals surface area contributed by atoms with Gasteiger partial charge in [0.2, 0.25) is 0 Å². The Kier molecular flexibility index (Phi) is 4.98. The molecule has 2 rings (SSSR count). The van der Waals surface area contributed by atoms with E-state index < -0.39 is 0 Å². The maximum absolute atomic E-state index is 13.1. The molecule has 1 atom stereocenters. The zero-order valence-corrected chi connectivity index (χ0v) is 12.8. The number of aliphatic hydroxyl groups is 1. The fourth-order valence-electron chi connectivity index (χ4n) is 2.85. The molecule has 1 fully saturated rings. The first-order valence-electron chi connectivity index (χ1n) is 6.85. The van der Waals surface area contributed by atoms with E-state index in [0.717, 1.165) is 29.4 Å². The highest BCUT2D eigenvalue weighted by atomic mass is 79.9. The maximum Gasteiger partial charge on any atom is 0.124 e. The summed E-state index contributed by atoms with van der Waals surface area (Å²) >= 11 is 3.40. The quantitative estimate of drug-likeness (QED) is 0.861. The van der Waals surface area contributed by atoms with Crippen molar-refractivity contribution in [2.45, 2.75) is 38.6 Å². The summed E-state index contributed by atoms with van der Waals surface area (Å²) in [6.07, 6.45) is 4.59. The van der Waals surface area contributed by atoms with Crippen LogP contribution >= 0.6 is 15.9 Å². The van der Waals surface area contributed by atoms with E-state index >= 15 is 0 Å². The van der Waals surface area contributed by atoms with Crippen LogP contribution in [-0.4, -0.2) is 18.3 Å². The summed E-state index contributed by atoms with van der Waals surface area (Å²) in [5.74, 6) is -0.231. The Balaban J connectivity index is 1.99. The molecule has 2 N–H and O–H groups in total. The summed E-state index contributed by atoms with van der Waals surface area (Å²) in [7, 11) is 0. The number of hydrogen-bond acceptors (Lipinski definition) is 2. The zero-order valence-electron chi connectivity index (χ0n) is 11.3. The first-order chi connectivity index (χ1) is 9.06. The normalized spacial score (nSPS) is 19.6. The van der Waals surface area contributed by atoms with Crippen molar-refractivity contribution < 1.29 is 9.50 Å². The van der Waals surface area contributed by atoms with Crippen LogP contribution in [0.3, 0.4) is 0 Å². The fraction of sp³-hybridized carbons (Fsp3) is 0.600. The second kappa shape index (κ2) is 6.33. The van der Waals surface area contributed by atoms with Crippen molar-refractivity contribution in [3.05, 3.63) is 34.1 Å². The molecule has 0 heterocycles. The minimum atomic E-state index is -0.231. The number of halogens is 2. The van der Waals surface area contributed by atoms with E-state index in [9.17, 15) is 9.50 Å². The van der Waals surface area contributed by atoms with E-state index in [1.165, 1.54) is 25.0 Å². The van der Waals surface area contributed by atoms with Gasteiger partial charge in [0.25, 0.3) is 0 Å². The van der Waals surface area contributed by atoms with Gasteiger partial charge in [-0.2, -0.15) is 0 Å². The predicted octanol–water partition coefficient (Wildman–Crippen LogP) is 3.79. The van der Waals surface area contributed by atoms with E-state index in [-0.39, 0.29) is 23.9 Å². The number of nitrogens with one attached hydrogen (secondary N) is 1. The third kappa shape index (κ3) is 3.56. The van der Waals surface area contributed by atoms with Crippen molar-refractivity contribution in [1.82, 2.24) is 5.32 Å². The lowest BCUT2D eigenvalue weighted by atomic mass is 9.87. The van der Waals surface area contributed by atoms with Crippen LogP contribution in [-0.2, 0) is 0 Å². The molecule has 1 saturated carbocycles. The summed E-state index contributed by atoms with van der Waals surface area (Å²) in [5.41, 5.74) is 1.09. The minimum absolute atomic E-state index is 0.0424. The molecule has 0 radical (unpaired) electrons. The summed E-state index contributed by atoms with van der Waals surface area (Å²) in [6.45, 7) is 3.13. The van der Waals surface area contributed by atoms with Crippen molar-refractivity contribution in [3.63, 3.8) is 0 Å². The van der Waals surface area contributed by atoms with Gasteiger partial charge in [-0.3, -0.25) is 0 Å². The summed E-state index contributed by atoms with van der Waals surface area (Å²) in [4.78, 5) is 0. The standard InChI is InChI=1S/C15H21BrFNO/c1-11(13-5-4-12(17)8-14(13)16)18-9-15(10-19)6-2-3-7-15/h4-5,8,11,18-19H,2-3,6-7,9-10H2,1H3. The van der Waals surface area contributed by atoms with Crippen LogP contribution in [0.15, 0.2) is 22.7 Å². The van der Waals surface area contributed by atoms with E-state index in [4.69, 9.17) is 0 Å². The van der Waals surface area contributed by atoms with Gasteiger partial charge in [0.05, 0.1) is 0 Å². The molecule has 1 aromatic carbocycles. The Morgan fingerprint density at radius 3 is 2.68 bits per heavy atom. The average molecular weight is 330 g/mol. The Hall–Kier alpha value is -0.450. The number of benzene rings is 1. The molecule has 0 aliphatic heterocycles. The van der Waals surface area contributed by atoms with Gasteiger partial charge < -0.3 is 10.4 Å². The molecule has 0 bridgehead atoms. The molecule has 1 unspecified atom stereocenters. The summed E-state index contributed by atoms with van der Waals surface area (Å²) in [6, 6.07) is 4.91. The first kappa shape index (κ1) is 14.9. The second-order valence-electron chi connectivity index (χ2n) is 5.63. The number of aliphatic hydroxyl groups excluding tert-OH is 1. The molecule has 0 spiro atoms. The minimum Gasteiger partial charge on any atom is -0.396 e. The number of rotatable bonds is 5. The summed E-state index contributed by atoms with van der Waals surface area (Å²) < 4.78 is 13.9. The predicted molar refractivity (Wildman–Crippen MR) is 78.5 cm³/mol. The van der Waals surface area contributed by atoms with Gasteiger partial charge in [-0.25, -0.2) is 4.39 Å². The lowest BCUT2D eigenvalue weighted by molar-refractivity contribution is 0.125. The van der Waals surface area contributed by atoms with E-state index in [0.29, 0.717) is 0 Å². The van der Waals surface area contributed by atoms with Crippen molar-refractivity contribution >= 4 is 15.9 Å². The third-order valence-corrected chi connectivity index (χ3v) is 4.90. The lowest BCUT2D eigenvalue weighted by Gasteiger charge is -2.29. The highest BCUT2D eigenvalue weighted by Gasteiger charge is 2.33. The van der Waals surface area contributed by atoms with Crippen molar-refractivity contribution in [1.29, 1.82) is 0 Å². The van der Waals surface area contributed by atoms with Crippen LogP contribution in [0.4, 0.5) is 4.39 Å². The monoisotopic (exact) mass is 329 g/mol. The molecule has 1 aromatic rings. The third-order valence-electron chi connectivity index (χ3n) is 4.21. The van der Waals surface area contributed by atoms with Crippen LogP contribution in [0.5, 0.6) is 0 Å². The Morgan fingerprint density at radius 2 is 2.11 bits per heavy atom. The Bertz CT molecular complexity index is 432. The summed E-state index contributed by atoms with van der Waals surface area (Å²) in [5, 5.41) is 13.1. The first-order valence-corrected chi connectivity index (χ1v) is 7.65. The average Bonchev–Trinajstić information content (AvgIpc) is 2.85. The van der Waals surface area contributed by atoms with Crippen LogP contribution in [0.25, 0.3) is 0 Å². The SMILES string of the molecule is CC(NCC1(CO)CCCC1)c1ccc(F)cc1Br. The van der Waals surface area contributed by atoms with Crippen molar-refractivity contribution in [3.8, 4) is 0 Å². The largest absolute Gasteiger partial charge is 0.396 e. The molecule has 1 aliphatic rings. The van der Waals surface area contributed by atoms with Crippen LogP contribution in [0.1, 0.15) is 44.2 Å². The van der Waals surface area contributed by atoms with Crippen molar-refractivity contribution in [2.75, 3.05) is 13.2 Å². The smallest absolute Gasteiger partial charge is 0.124 e. The lowest BCUT2D eigenvalue weighted by Crippen LogP contribution is -2.36. The van der Waals surface area contributed by atoms with Gasteiger partial charge in [-0.15, -0.1) is 0 Å². The topological polar surface area (TPSA) is 32.3 Å². The van der Waals surface area contributed by atoms with Gasteiger partial charge in [0, 0.05) is 29.1 Å². The van der Waals surface area contributed by atoms with E-state index in [1.807, 2.05) is 0 Å². The molecule has 0 amide bonds. The van der Waals surface area contributed by atoms with Crippen LogP contribution in [0.2, 0.25) is 0 Å². The van der Waals surface area contributed by atoms with Gasteiger partial charge in [-0.05, 0) is 37.5 Å². The number of hydrogen-bond donors (Lipinski definition) is 2. The van der Waals surface area contributed by atoms with Gasteiger partial charge >= 0.3 is 0 Å². The van der Waals surface area contributed by atoms with E-state index in [2.05, 4.69) is 28.2 Å². The molecular formula is C15H21BrFNO. The molecule has 4 heteroatoms. The maximum atomic E-state index is 13.1. The Morgan fingerprint density at radius 1 is 1.42 bits per heavy atom. The fourth-order valence-corrected chi connectivity index (χ4v) is 3.54. The molecule has 1 aliphatic carbocycles. The zero-order chi connectivity index (χ0) is 13.9. The second-order valence-corrected chi connectivity index (χ2v) is 6.49. The Labute approximate surface area is 122 Å². The van der Waals surface area contributed by atoms with Gasteiger partial charge in [0.15, 0.2) is 0 Å². The molecule has 0 saturated heterocycles. The van der Waals surface area contributed by atoms with Crippen LogP contribution in [0, 0.1) is 11.2 Å². The van der Waals surface area contributed by atoms with Gasteiger partial charge in [-0.1, -0.05) is 34.8 Å². The van der Waals surface area contributed by atoms with Gasteiger partial charge in [0.1, 0.15) is 5.82 Å².